The largest absolute Gasteiger partial charge is 0.497 e. The van der Waals surface area contributed by atoms with Crippen molar-refractivity contribution in [2.45, 2.75) is 19.8 Å². The minimum atomic E-state index is -0.194. The van der Waals surface area contributed by atoms with Crippen LogP contribution in [0.15, 0.2) is 48.5 Å². The molecule has 2 aromatic rings. The summed E-state index contributed by atoms with van der Waals surface area (Å²) in [4.78, 5) is 23.7. The van der Waals surface area contributed by atoms with Crippen LogP contribution in [0.4, 0.5) is 0 Å². The van der Waals surface area contributed by atoms with Gasteiger partial charge in [0.25, 0.3) is 0 Å². The van der Waals surface area contributed by atoms with Crippen molar-refractivity contribution in [3.63, 3.8) is 0 Å². The third-order valence-corrected chi connectivity index (χ3v) is 3.76. The second-order valence-corrected chi connectivity index (χ2v) is 5.89. The van der Waals surface area contributed by atoms with Crippen LogP contribution in [0.3, 0.4) is 0 Å². The van der Waals surface area contributed by atoms with Crippen molar-refractivity contribution in [1.29, 1.82) is 0 Å². The summed E-state index contributed by atoms with van der Waals surface area (Å²) in [6, 6.07) is 15.5. The Morgan fingerprint density at radius 2 is 1.72 bits per heavy atom. The summed E-state index contributed by atoms with van der Waals surface area (Å²) in [5.74, 6) is 0.446. The molecule has 0 aliphatic rings. The summed E-state index contributed by atoms with van der Waals surface area (Å²) in [6.45, 7) is 2.49. The van der Waals surface area contributed by atoms with Crippen molar-refractivity contribution < 1.29 is 14.3 Å². The van der Waals surface area contributed by atoms with Gasteiger partial charge in [0.15, 0.2) is 0 Å². The van der Waals surface area contributed by atoms with Crippen LogP contribution in [0.1, 0.15) is 16.7 Å². The van der Waals surface area contributed by atoms with Crippen molar-refractivity contribution >= 4 is 11.8 Å². The van der Waals surface area contributed by atoms with Crippen LogP contribution in [0.2, 0.25) is 0 Å². The quantitative estimate of drug-likeness (QED) is 0.773. The molecule has 0 aliphatic heterocycles. The number of ether oxygens (including phenoxy) is 1. The van der Waals surface area contributed by atoms with Crippen molar-refractivity contribution in [2.75, 3.05) is 20.2 Å². The van der Waals surface area contributed by atoms with Gasteiger partial charge in [-0.05, 0) is 36.6 Å². The summed E-state index contributed by atoms with van der Waals surface area (Å²) >= 11 is 0. The molecule has 5 heteroatoms. The average molecular weight is 340 g/mol. The molecule has 132 valence electrons. The first-order valence-corrected chi connectivity index (χ1v) is 8.28. The molecular formula is C20H24N2O3. The maximum atomic E-state index is 11.9. The van der Waals surface area contributed by atoms with E-state index in [9.17, 15) is 9.59 Å². The first kappa shape index (κ1) is 18.5. The zero-order chi connectivity index (χ0) is 18.1. The number of hydrogen-bond acceptors (Lipinski definition) is 3. The van der Waals surface area contributed by atoms with E-state index in [4.69, 9.17) is 4.74 Å². The minimum Gasteiger partial charge on any atom is -0.497 e. The Labute approximate surface area is 148 Å². The topological polar surface area (TPSA) is 67.4 Å². The highest BCUT2D eigenvalue weighted by atomic mass is 16.5. The molecule has 0 aromatic heterocycles. The number of methoxy groups -OCH3 is 1. The molecule has 2 N–H and O–H groups in total. The molecule has 0 heterocycles. The summed E-state index contributed by atoms with van der Waals surface area (Å²) in [7, 11) is 1.63. The predicted octanol–water partition coefficient (Wildman–Crippen LogP) is 2.02. The Bertz CT molecular complexity index is 728. The van der Waals surface area contributed by atoms with E-state index in [0.717, 1.165) is 22.4 Å². The number of carbonyl (C=O) groups excluding carboxylic acids is 2. The predicted molar refractivity (Wildman–Crippen MR) is 97.6 cm³/mol. The highest BCUT2D eigenvalue weighted by Gasteiger charge is 2.06. The van der Waals surface area contributed by atoms with Gasteiger partial charge in [0.1, 0.15) is 5.75 Å². The number of nitrogens with one attached hydrogen (secondary N) is 2. The number of hydrogen-bond donors (Lipinski definition) is 2. The molecule has 0 fully saturated rings. The van der Waals surface area contributed by atoms with E-state index in [-0.39, 0.29) is 24.8 Å². The van der Waals surface area contributed by atoms with Gasteiger partial charge in [0, 0.05) is 6.54 Å². The van der Waals surface area contributed by atoms with E-state index in [2.05, 4.69) is 10.6 Å². The second-order valence-electron chi connectivity index (χ2n) is 5.89. The van der Waals surface area contributed by atoms with Gasteiger partial charge >= 0.3 is 0 Å². The van der Waals surface area contributed by atoms with Gasteiger partial charge < -0.3 is 15.4 Å². The molecular weight excluding hydrogens is 316 g/mol. The van der Waals surface area contributed by atoms with Crippen LogP contribution in [0.5, 0.6) is 5.75 Å². The van der Waals surface area contributed by atoms with Crippen LogP contribution >= 0.6 is 0 Å². The van der Waals surface area contributed by atoms with Gasteiger partial charge in [-0.2, -0.15) is 0 Å². The molecule has 25 heavy (non-hydrogen) atoms. The van der Waals surface area contributed by atoms with Crippen LogP contribution in [0, 0.1) is 6.92 Å². The second kappa shape index (κ2) is 9.47. The Balaban J connectivity index is 1.67. The maximum Gasteiger partial charge on any atom is 0.239 e. The zero-order valence-electron chi connectivity index (χ0n) is 14.7. The summed E-state index contributed by atoms with van der Waals surface area (Å²) in [5, 5.41) is 5.45. The fourth-order valence-electron chi connectivity index (χ4n) is 2.49. The van der Waals surface area contributed by atoms with E-state index in [1.54, 1.807) is 7.11 Å². The molecule has 2 aromatic carbocycles. The lowest BCUT2D eigenvalue weighted by molar-refractivity contribution is -0.125. The highest BCUT2D eigenvalue weighted by molar-refractivity contribution is 5.85. The Morgan fingerprint density at radius 3 is 2.48 bits per heavy atom. The van der Waals surface area contributed by atoms with Gasteiger partial charge in [0.2, 0.25) is 11.8 Å². The SMILES string of the molecule is COc1cccc(CCNC(=O)CNC(=O)Cc2cccc(C)c2)c1. The standard InChI is InChI=1S/C20H24N2O3/c1-15-5-3-7-17(11-15)13-19(23)22-14-20(24)21-10-9-16-6-4-8-18(12-16)25-2/h3-8,11-12H,9-10,13-14H2,1-2H3,(H,21,24)(H,22,23). The van der Waals surface area contributed by atoms with Crippen molar-refractivity contribution in [3.05, 3.63) is 65.2 Å². The molecule has 0 bridgehead atoms. The fourth-order valence-corrected chi connectivity index (χ4v) is 2.49. The van der Waals surface area contributed by atoms with Crippen molar-refractivity contribution in [3.8, 4) is 5.75 Å². The molecule has 0 saturated carbocycles. The first-order valence-electron chi connectivity index (χ1n) is 8.28. The molecule has 0 radical (unpaired) electrons. The molecule has 0 atom stereocenters. The molecule has 2 rings (SSSR count). The lowest BCUT2D eigenvalue weighted by atomic mass is 10.1. The van der Waals surface area contributed by atoms with E-state index in [1.165, 1.54) is 0 Å². The smallest absolute Gasteiger partial charge is 0.239 e. The fraction of sp³-hybridized carbons (Fsp3) is 0.300. The van der Waals surface area contributed by atoms with Crippen molar-refractivity contribution in [1.82, 2.24) is 10.6 Å². The van der Waals surface area contributed by atoms with Crippen LogP contribution in [0.25, 0.3) is 0 Å². The van der Waals surface area contributed by atoms with Crippen LogP contribution < -0.4 is 15.4 Å². The molecule has 0 unspecified atom stereocenters. The van der Waals surface area contributed by atoms with Crippen molar-refractivity contribution in [2.24, 2.45) is 0 Å². The normalized spacial score (nSPS) is 10.2. The highest BCUT2D eigenvalue weighted by Crippen LogP contribution is 2.12. The van der Waals surface area contributed by atoms with E-state index in [1.807, 2.05) is 55.5 Å². The van der Waals surface area contributed by atoms with Gasteiger partial charge in [0.05, 0.1) is 20.1 Å². The summed E-state index contributed by atoms with van der Waals surface area (Å²) < 4.78 is 5.17. The monoisotopic (exact) mass is 340 g/mol. The number of rotatable bonds is 8. The zero-order valence-corrected chi connectivity index (χ0v) is 14.7. The lowest BCUT2D eigenvalue weighted by Gasteiger charge is -2.08. The van der Waals surface area contributed by atoms with Gasteiger partial charge in [-0.15, -0.1) is 0 Å². The number of amides is 2. The lowest BCUT2D eigenvalue weighted by Crippen LogP contribution is -2.38. The number of benzene rings is 2. The number of carbonyl (C=O) groups is 2. The maximum absolute atomic E-state index is 11.9. The van der Waals surface area contributed by atoms with Crippen LogP contribution in [-0.2, 0) is 22.4 Å². The number of aryl methyl sites for hydroxylation is 1. The average Bonchev–Trinajstić information content (AvgIpc) is 2.60. The molecule has 5 nitrogen and oxygen atoms in total. The first-order chi connectivity index (χ1) is 12.1. The summed E-state index contributed by atoms with van der Waals surface area (Å²) in [6.07, 6.45) is 0.985. The Morgan fingerprint density at radius 1 is 0.960 bits per heavy atom. The molecule has 0 saturated heterocycles. The molecule has 2 amide bonds. The summed E-state index contributed by atoms with van der Waals surface area (Å²) in [5.41, 5.74) is 3.14. The molecule has 0 aliphatic carbocycles. The minimum absolute atomic E-state index is 0.0112. The van der Waals surface area contributed by atoms with E-state index >= 15 is 0 Å². The Kier molecular flexibility index (Phi) is 7.01. The van der Waals surface area contributed by atoms with Crippen LogP contribution in [-0.4, -0.2) is 32.0 Å². The van der Waals surface area contributed by atoms with Gasteiger partial charge in [-0.3, -0.25) is 9.59 Å². The Hall–Kier alpha value is -2.82. The van der Waals surface area contributed by atoms with Gasteiger partial charge in [-0.1, -0.05) is 42.0 Å². The van der Waals surface area contributed by atoms with E-state index < -0.39 is 0 Å². The third kappa shape index (κ3) is 6.67. The van der Waals surface area contributed by atoms with E-state index in [0.29, 0.717) is 13.0 Å². The third-order valence-electron chi connectivity index (χ3n) is 3.76. The molecule has 0 spiro atoms. The van der Waals surface area contributed by atoms with Gasteiger partial charge in [-0.25, -0.2) is 0 Å².